The Morgan fingerprint density at radius 2 is 2.09 bits per heavy atom. The van der Waals surface area contributed by atoms with E-state index in [-0.39, 0.29) is 18.6 Å². The van der Waals surface area contributed by atoms with Gasteiger partial charge in [0.15, 0.2) is 0 Å². The van der Waals surface area contributed by atoms with Crippen LogP contribution in [0.5, 0.6) is 0 Å². The molecule has 2 amide bonds. The SMILES string of the molecule is Cc1cc(C(C)(O)CNC(=O)NC(C)CCN(C)C)c(C)o1. The Bertz CT molecular complexity index is 495. The van der Waals surface area contributed by atoms with Gasteiger partial charge in [0.25, 0.3) is 0 Å². The van der Waals surface area contributed by atoms with Gasteiger partial charge in [0, 0.05) is 11.6 Å². The number of carbonyl (C=O) groups is 1. The molecule has 2 unspecified atom stereocenters. The van der Waals surface area contributed by atoms with Crippen LogP contribution in [0.25, 0.3) is 0 Å². The minimum absolute atomic E-state index is 0.0743. The Hall–Kier alpha value is -1.53. The minimum atomic E-state index is -1.16. The van der Waals surface area contributed by atoms with Crippen LogP contribution in [0.2, 0.25) is 0 Å². The van der Waals surface area contributed by atoms with Crippen molar-refractivity contribution in [2.45, 2.75) is 45.8 Å². The first-order chi connectivity index (χ1) is 10.1. The minimum Gasteiger partial charge on any atom is -0.466 e. The molecule has 6 nitrogen and oxygen atoms in total. The van der Waals surface area contributed by atoms with Crippen LogP contribution in [0.3, 0.4) is 0 Å². The number of carbonyl (C=O) groups excluding carboxylic acids is 1. The third-order valence-electron chi connectivity index (χ3n) is 3.60. The van der Waals surface area contributed by atoms with Gasteiger partial charge in [-0.2, -0.15) is 0 Å². The second-order valence-electron chi connectivity index (χ2n) is 6.42. The summed E-state index contributed by atoms with van der Waals surface area (Å²) in [6.45, 7) is 8.30. The van der Waals surface area contributed by atoms with Crippen molar-refractivity contribution in [2.24, 2.45) is 0 Å². The van der Waals surface area contributed by atoms with Crippen LogP contribution in [0, 0.1) is 13.8 Å². The van der Waals surface area contributed by atoms with Gasteiger partial charge in [0.05, 0.1) is 6.54 Å². The molecule has 0 saturated heterocycles. The van der Waals surface area contributed by atoms with Crippen molar-refractivity contribution in [3.63, 3.8) is 0 Å². The van der Waals surface area contributed by atoms with Crippen molar-refractivity contribution in [3.8, 4) is 0 Å². The van der Waals surface area contributed by atoms with E-state index in [4.69, 9.17) is 4.42 Å². The van der Waals surface area contributed by atoms with Gasteiger partial charge in [-0.05, 0) is 60.8 Å². The molecule has 22 heavy (non-hydrogen) atoms. The zero-order chi connectivity index (χ0) is 16.9. The lowest BCUT2D eigenvalue weighted by molar-refractivity contribution is 0.0577. The monoisotopic (exact) mass is 311 g/mol. The molecule has 0 aliphatic heterocycles. The van der Waals surface area contributed by atoms with Gasteiger partial charge >= 0.3 is 6.03 Å². The summed E-state index contributed by atoms with van der Waals surface area (Å²) in [6.07, 6.45) is 0.872. The summed E-state index contributed by atoms with van der Waals surface area (Å²) in [4.78, 5) is 14.0. The van der Waals surface area contributed by atoms with E-state index < -0.39 is 5.60 Å². The second kappa shape index (κ2) is 7.65. The van der Waals surface area contributed by atoms with Crippen LogP contribution in [0.1, 0.15) is 37.4 Å². The fourth-order valence-corrected chi connectivity index (χ4v) is 2.31. The number of nitrogens with one attached hydrogen (secondary N) is 2. The highest BCUT2D eigenvalue weighted by Crippen LogP contribution is 2.26. The Morgan fingerprint density at radius 1 is 1.45 bits per heavy atom. The molecule has 0 aliphatic rings. The third kappa shape index (κ3) is 5.69. The lowest BCUT2D eigenvalue weighted by atomic mass is 9.96. The molecule has 0 fully saturated rings. The molecular formula is C16H29N3O3. The molecule has 1 aromatic rings. The van der Waals surface area contributed by atoms with Crippen LogP contribution < -0.4 is 10.6 Å². The molecule has 3 N–H and O–H groups in total. The van der Waals surface area contributed by atoms with Gasteiger partial charge < -0.3 is 25.1 Å². The number of nitrogens with zero attached hydrogens (tertiary/aromatic N) is 1. The van der Waals surface area contributed by atoms with Crippen molar-refractivity contribution < 1.29 is 14.3 Å². The molecule has 0 bridgehead atoms. The van der Waals surface area contributed by atoms with E-state index in [1.807, 2.05) is 27.9 Å². The summed E-state index contributed by atoms with van der Waals surface area (Å²) in [7, 11) is 4.00. The lowest BCUT2D eigenvalue weighted by Crippen LogP contribution is -2.46. The predicted molar refractivity (Wildman–Crippen MR) is 86.9 cm³/mol. The molecule has 0 radical (unpaired) electrons. The summed E-state index contributed by atoms with van der Waals surface area (Å²) in [6, 6.07) is 1.60. The number of amides is 2. The largest absolute Gasteiger partial charge is 0.466 e. The highest BCUT2D eigenvalue weighted by atomic mass is 16.3. The van der Waals surface area contributed by atoms with Crippen LogP contribution in [0.15, 0.2) is 10.5 Å². The summed E-state index contributed by atoms with van der Waals surface area (Å²) in [5.74, 6) is 1.42. The standard InChI is InChI=1S/C16H29N3O3/c1-11(7-8-19(5)6)18-15(20)17-10-16(4,21)14-9-12(2)22-13(14)3/h9,11,21H,7-8,10H2,1-6H3,(H2,17,18,20). The average molecular weight is 311 g/mol. The number of rotatable bonds is 7. The van der Waals surface area contributed by atoms with Crippen LogP contribution in [0.4, 0.5) is 4.79 Å². The van der Waals surface area contributed by atoms with Gasteiger partial charge in [-0.15, -0.1) is 0 Å². The molecule has 1 heterocycles. The fraction of sp³-hybridized carbons (Fsp3) is 0.688. The van der Waals surface area contributed by atoms with E-state index in [2.05, 4.69) is 15.5 Å². The van der Waals surface area contributed by atoms with Gasteiger partial charge in [-0.25, -0.2) is 4.79 Å². The van der Waals surface area contributed by atoms with E-state index in [1.165, 1.54) is 0 Å². The van der Waals surface area contributed by atoms with Crippen molar-refractivity contribution in [1.29, 1.82) is 0 Å². The molecule has 126 valence electrons. The molecular weight excluding hydrogens is 282 g/mol. The Labute approximate surface area is 132 Å². The third-order valence-corrected chi connectivity index (χ3v) is 3.60. The molecule has 0 saturated carbocycles. The van der Waals surface area contributed by atoms with E-state index in [0.717, 1.165) is 18.7 Å². The first-order valence-corrected chi connectivity index (χ1v) is 7.61. The quantitative estimate of drug-likeness (QED) is 0.717. The summed E-state index contributed by atoms with van der Waals surface area (Å²) in [5, 5.41) is 16.1. The van der Waals surface area contributed by atoms with Crippen molar-refractivity contribution in [1.82, 2.24) is 15.5 Å². The topological polar surface area (TPSA) is 77.7 Å². The number of aliphatic hydroxyl groups is 1. The summed E-state index contributed by atoms with van der Waals surface area (Å²) in [5.41, 5.74) is -0.461. The van der Waals surface area contributed by atoms with E-state index in [0.29, 0.717) is 11.3 Å². The van der Waals surface area contributed by atoms with Crippen molar-refractivity contribution >= 4 is 6.03 Å². The maximum absolute atomic E-state index is 11.9. The zero-order valence-electron chi connectivity index (χ0n) is 14.5. The number of hydrogen-bond acceptors (Lipinski definition) is 4. The fourth-order valence-electron chi connectivity index (χ4n) is 2.31. The normalized spacial score (nSPS) is 15.5. The Balaban J connectivity index is 2.47. The average Bonchev–Trinajstić information content (AvgIpc) is 2.74. The van der Waals surface area contributed by atoms with E-state index >= 15 is 0 Å². The highest BCUT2D eigenvalue weighted by Gasteiger charge is 2.28. The number of urea groups is 1. The maximum Gasteiger partial charge on any atom is 0.315 e. The molecule has 0 aliphatic carbocycles. The maximum atomic E-state index is 11.9. The van der Waals surface area contributed by atoms with Gasteiger partial charge in [0.2, 0.25) is 0 Å². The van der Waals surface area contributed by atoms with E-state index in [9.17, 15) is 9.90 Å². The van der Waals surface area contributed by atoms with Gasteiger partial charge in [-0.1, -0.05) is 0 Å². The first kappa shape index (κ1) is 18.5. The molecule has 0 aromatic carbocycles. The molecule has 0 spiro atoms. The molecule has 1 aromatic heterocycles. The smallest absolute Gasteiger partial charge is 0.315 e. The van der Waals surface area contributed by atoms with Crippen LogP contribution in [-0.4, -0.2) is 49.3 Å². The predicted octanol–water partition coefficient (Wildman–Crippen LogP) is 1.74. The van der Waals surface area contributed by atoms with Crippen molar-refractivity contribution in [3.05, 3.63) is 23.2 Å². The van der Waals surface area contributed by atoms with Crippen LogP contribution in [-0.2, 0) is 5.60 Å². The summed E-state index contributed by atoms with van der Waals surface area (Å²) >= 11 is 0. The Kier molecular flexibility index (Phi) is 6.44. The Morgan fingerprint density at radius 3 is 2.59 bits per heavy atom. The number of furan rings is 1. The van der Waals surface area contributed by atoms with Crippen molar-refractivity contribution in [2.75, 3.05) is 27.2 Å². The summed E-state index contributed by atoms with van der Waals surface area (Å²) < 4.78 is 5.43. The number of aryl methyl sites for hydroxylation is 2. The molecule has 6 heteroatoms. The van der Waals surface area contributed by atoms with Gasteiger partial charge in [0.1, 0.15) is 17.1 Å². The van der Waals surface area contributed by atoms with Crippen LogP contribution >= 0.6 is 0 Å². The van der Waals surface area contributed by atoms with Gasteiger partial charge in [-0.3, -0.25) is 0 Å². The lowest BCUT2D eigenvalue weighted by Gasteiger charge is -2.24. The zero-order valence-corrected chi connectivity index (χ0v) is 14.5. The molecule has 2 atom stereocenters. The second-order valence-corrected chi connectivity index (χ2v) is 6.42. The van der Waals surface area contributed by atoms with E-state index in [1.54, 1.807) is 19.9 Å². The highest BCUT2D eigenvalue weighted by molar-refractivity contribution is 5.74. The number of hydrogen-bond donors (Lipinski definition) is 3. The molecule has 1 rings (SSSR count). The first-order valence-electron chi connectivity index (χ1n) is 7.61.